The van der Waals surface area contributed by atoms with Crippen molar-refractivity contribution in [3.8, 4) is 0 Å². The molecule has 0 radical (unpaired) electrons. The Morgan fingerprint density at radius 3 is 2.61 bits per heavy atom. The third-order valence-electron chi connectivity index (χ3n) is 4.77. The molecule has 0 saturated carbocycles. The Hall–Kier alpha value is -2.63. The highest BCUT2D eigenvalue weighted by molar-refractivity contribution is 5.68. The van der Waals surface area contributed by atoms with Gasteiger partial charge in [0.2, 0.25) is 5.62 Å². The van der Waals surface area contributed by atoms with Gasteiger partial charge in [0.05, 0.1) is 25.7 Å². The maximum Gasteiger partial charge on any atom is 0.229 e. The fourth-order valence-corrected chi connectivity index (χ4v) is 3.26. The van der Waals surface area contributed by atoms with E-state index in [1.807, 2.05) is 30.3 Å². The minimum Gasteiger partial charge on any atom is -0.394 e. The van der Waals surface area contributed by atoms with Crippen molar-refractivity contribution in [1.29, 1.82) is 0 Å². The van der Waals surface area contributed by atoms with E-state index in [-0.39, 0.29) is 5.62 Å². The smallest absolute Gasteiger partial charge is 0.229 e. The number of rotatable bonds is 4. The summed E-state index contributed by atoms with van der Waals surface area (Å²) in [6.45, 7) is -0.191. The van der Waals surface area contributed by atoms with E-state index < -0.39 is 37.3 Å². The van der Waals surface area contributed by atoms with Gasteiger partial charge >= 0.3 is 0 Å². The molecule has 28 heavy (non-hydrogen) atoms. The van der Waals surface area contributed by atoms with Gasteiger partial charge in [-0.2, -0.15) is 0 Å². The van der Waals surface area contributed by atoms with Crippen molar-refractivity contribution in [2.45, 2.75) is 37.2 Å². The highest BCUT2D eigenvalue weighted by Gasteiger charge is 2.45. The molecule has 3 aromatic rings. The minimum atomic E-state index is -1.51. The molecule has 1 fully saturated rings. The number of nitrogens with one attached hydrogen (secondary N) is 1. The molecule has 10 nitrogen and oxygen atoms in total. The number of aromatic amines is 1. The summed E-state index contributed by atoms with van der Waals surface area (Å²) >= 11 is 0. The molecular formula is C18H21N5O5. The Bertz CT molecular complexity index is 1000. The van der Waals surface area contributed by atoms with Crippen molar-refractivity contribution < 1.29 is 25.2 Å². The maximum atomic E-state index is 10.5. The molecule has 1 aromatic carbocycles. The van der Waals surface area contributed by atoms with Crippen LogP contribution in [0.5, 0.6) is 0 Å². The van der Waals surface area contributed by atoms with Crippen molar-refractivity contribution in [3.05, 3.63) is 54.0 Å². The molecule has 3 heterocycles. The molecule has 0 amide bonds. The molecule has 4 rings (SSSR count). The summed E-state index contributed by atoms with van der Waals surface area (Å²) in [5.74, 6) is 0. The lowest BCUT2D eigenvalue weighted by Gasteiger charge is -2.40. The molecular weight excluding hydrogens is 366 g/mol. The summed E-state index contributed by atoms with van der Waals surface area (Å²) in [5, 5.41) is 40.2. The van der Waals surface area contributed by atoms with Crippen LogP contribution in [0.4, 0.5) is 0 Å². The molecule has 0 aliphatic carbocycles. The minimum absolute atomic E-state index is 0.229. The number of hydrogen-bond donors (Lipinski definition) is 5. The van der Waals surface area contributed by atoms with Gasteiger partial charge in [-0.05, 0) is 5.56 Å². The molecule has 1 saturated heterocycles. The number of aliphatic hydroxyl groups excluding tert-OH is 4. The number of aromatic nitrogens is 4. The van der Waals surface area contributed by atoms with Crippen molar-refractivity contribution in [2.75, 3.05) is 6.61 Å². The Kier molecular flexibility index (Phi) is 5.20. The van der Waals surface area contributed by atoms with Gasteiger partial charge in [-0.15, -0.1) is 0 Å². The van der Waals surface area contributed by atoms with Gasteiger partial charge in [0.15, 0.2) is 11.9 Å². The number of imidazole rings is 1. The van der Waals surface area contributed by atoms with Gasteiger partial charge in [0.1, 0.15) is 29.9 Å². The lowest BCUT2D eigenvalue weighted by Crippen LogP contribution is -2.57. The van der Waals surface area contributed by atoms with Crippen LogP contribution in [0.25, 0.3) is 11.2 Å². The first kappa shape index (κ1) is 18.7. The summed E-state index contributed by atoms with van der Waals surface area (Å²) in [7, 11) is 0. The van der Waals surface area contributed by atoms with Gasteiger partial charge in [0, 0.05) is 0 Å². The fourth-order valence-electron chi connectivity index (χ4n) is 3.26. The van der Waals surface area contributed by atoms with Crippen LogP contribution in [0.3, 0.4) is 0 Å². The second-order valence-electron chi connectivity index (χ2n) is 6.59. The van der Waals surface area contributed by atoms with Crippen LogP contribution in [-0.4, -0.2) is 71.0 Å². The van der Waals surface area contributed by atoms with E-state index >= 15 is 0 Å². The van der Waals surface area contributed by atoms with Gasteiger partial charge < -0.3 is 30.1 Å². The number of nitrogens with zero attached hydrogens (tertiary/aromatic N) is 4. The van der Waals surface area contributed by atoms with E-state index in [0.29, 0.717) is 17.7 Å². The summed E-state index contributed by atoms with van der Waals surface area (Å²) in [6.07, 6.45) is -3.61. The molecule has 10 heteroatoms. The van der Waals surface area contributed by atoms with Crippen LogP contribution in [-0.2, 0) is 11.3 Å². The lowest BCUT2D eigenvalue weighted by molar-refractivity contribution is -0.251. The van der Waals surface area contributed by atoms with Crippen LogP contribution in [0.1, 0.15) is 11.8 Å². The number of fused-ring (bicyclic) bond motifs is 1. The predicted octanol–water partition coefficient (Wildman–Crippen LogP) is -1.17. The molecule has 1 aliphatic rings. The van der Waals surface area contributed by atoms with E-state index in [1.54, 1.807) is 6.20 Å². The fraction of sp³-hybridized carbons (Fsp3) is 0.389. The average Bonchev–Trinajstić information content (AvgIpc) is 3.20. The monoisotopic (exact) mass is 387 g/mol. The third-order valence-corrected chi connectivity index (χ3v) is 4.77. The highest BCUT2D eigenvalue weighted by Crippen LogP contribution is 2.28. The zero-order valence-corrected chi connectivity index (χ0v) is 14.8. The Balaban J connectivity index is 1.81. The average molecular weight is 387 g/mol. The Labute approximate surface area is 159 Å². The van der Waals surface area contributed by atoms with Crippen LogP contribution in [0, 0.1) is 0 Å². The molecule has 148 valence electrons. The highest BCUT2D eigenvalue weighted by atomic mass is 16.6. The molecule has 5 atom stereocenters. The first-order valence-electron chi connectivity index (χ1n) is 8.85. The van der Waals surface area contributed by atoms with Crippen molar-refractivity contribution in [1.82, 2.24) is 19.5 Å². The third kappa shape index (κ3) is 3.32. The first-order chi connectivity index (χ1) is 13.6. The standard InChI is InChI=1S/C18H21N5O5/c24-8-12-13(25)14(26)15(27)17(28-12)23-16-11(21-9-22-16)7-20-18(23)19-6-10-4-2-1-3-5-10/h1-5,7,9,12-15,17,24-27H,6,8H2,(H,21,22)/t12-,13-,14+,15-,17?/m1/s1. The van der Waals surface area contributed by atoms with Crippen LogP contribution in [0.15, 0.2) is 47.8 Å². The predicted molar refractivity (Wildman–Crippen MR) is 96.6 cm³/mol. The topological polar surface area (TPSA) is 149 Å². The number of hydrogen-bond acceptors (Lipinski definition) is 8. The van der Waals surface area contributed by atoms with Crippen LogP contribution in [0.2, 0.25) is 0 Å². The molecule has 0 spiro atoms. The molecule has 5 N–H and O–H groups in total. The van der Waals surface area contributed by atoms with E-state index in [0.717, 1.165) is 5.56 Å². The van der Waals surface area contributed by atoms with Crippen molar-refractivity contribution in [3.63, 3.8) is 0 Å². The number of aliphatic hydroxyl groups is 4. The van der Waals surface area contributed by atoms with Gasteiger partial charge in [-0.25, -0.2) is 15.0 Å². The second-order valence-corrected chi connectivity index (χ2v) is 6.59. The van der Waals surface area contributed by atoms with E-state index in [4.69, 9.17) is 4.74 Å². The molecule has 2 aromatic heterocycles. The number of H-pyrrole nitrogens is 1. The summed E-state index contributed by atoms with van der Waals surface area (Å²) in [5.41, 5.74) is 2.18. The Morgan fingerprint density at radius 2 is 1.86 bits per heavy atom. The summed E-state index contributed by atoms with van der Waals surface area (Å²) in [4.78, 5) is 16.0. The second kappa shape index (κ2) is 7.78. The zero-order valence-electron chi connectivity index (χ0n) is 14.8. The number of benzene rings is 1. The molecule has 1 aliphatic heterocycles. The van der Waals surface area contributed by atoms with Gasteiger partial charge in [-0.1, -0.05) is 30.3 Å². The van der Waals surface area contributed by atoms with Gasteiger partial charge in [-0.3, -0.25) is 4.57 Å². The summed E-state index contributed by atoms with van der Waals surface area (Å²) < 4.78 is 7.14. The van der Waals surface area contributed by atoms with Crippen LogP contribution >= 0.6 is 0 Å². The largest absolute Gasteiger partial charge is 0.394 e. The first-order valence-corrected chi connectivity index (χ1v) is 8.85. The number of ether oxygens (including phenoxy) is 1. The lowest BCUT2D eigenvalue weighted by atomic mass is 9.98. The van der Waals surface area contributed by atoms with Crippen LogP contribution < -0.4 is 5.62 Å². The normalized spacial score (nSPS) is 28.7. The maximum absolute atomic E-state index is 10.5. The van der Waals surface area contributed by atoms with Crippen molar-refractivity contribution >= 4 is 11.2 Å². The van der Waals surface area contributed by atoms with Crippen molar-refractivity contribution in [2.24, 2.45) is 4.99 Å². The SMILES string of the molecule is OC[C@H]1OC(n2c(=NCc3ccccc3)ncc3[nH]cnc32)[C@H](O)[C@@H](O)[C@@H]1O. The van der Waals surface area contributed by atoms with E-state index in [2.05, 4.69) is 19.9 Å². The zero-order chi connectivity index (χ0) is 19.7. The Morgan fingerprint density at radius 1 is 1.07 bits per heavy atom. The van der Waals surface area contributed by atoms with E-state index in [9.17, 15) is 20.4 Å². The quantitative estimate of drug-likeness (QED) is 0.379. The molecule has 1 unspecified atom stereocenters. The van der Waals surface area contributed by atoms with E-state index in [1.165, 1.54) is 10.9 Å². The summed E-state index contributed by atoms with van der Waals surface area (Å²) in [6, 6.07) is 9.57. The molecule has 0 bridgehead atoms. The van der Waals surface area contributed by atoms with Gasteiger partial charge in [0.25, 0.3) is 0 Å².